The molecule has 0 aromatic carbocycles. The number of aromatic nitrogens is 1. The van der Waals surface area contributed by atoms with Gasteiger partial charge in [0.25, 0.3) is 0 Å². The first-order valence-corrected chi connectivity index (χ1v) is 4.41. The fourth-order valence-corrected chi connectivity index (χ4v) is 1.55. The van der Waals surface area contributed by atoms with Gasteiger partial charge in [0.05, 0.1) is 18.2 Å². The SMILES string of the molecule is COc1cc2c(cn1)C(C)(C)C(=O)N2. The van der Waals surface area contributed by atoms with Crippen LogP contribution in [0.4, 0.5) is 5.69 Å². The molecule has 4 heteroatoms. The van der Waals surface area contributed by atoms with Gasteiger partial charge in [-0.15, -0.1) is 0 Å². The smallest absolute Gasteiger partial charge is 0.234 e. The Hall–Kier alpha value is -1.58. The van der Waals surface area contributed by atoms with Crippen LogP contribution in [-0.4, -0.2) is 18.0 Å². The van der Waals surface area contributed by atoms with E-state index in [2.05, 4.69) is 10.3 Å². The molecule has 1 aliphatic heterocycles. The predicted molar refractivity (Wildman–Crippen MR) is 52.4 cm³/mol. The average Bonchev–Trinajstić information content (AvgIpc) is 2.38. The van der Waals surface area contributed by atoms with Gasteiger partial charge in [0.15, 0.2) is 0 Å². The van der Waals surface area contributed by atoms with E-state index in [9.17, 15) is 4.79 Å². The van der Waals surface area contributed by atoms with Gasteiger partial charge in [0.2, 0.25) is 11.8 Å². The molecule has 4 nitrogen and oxygen atoms in total. The minimum absolute atomic E-state index is 0.00236. The van der Waals surface area contributed by atoms with E-state index >= 15 is 0 Å². The molecule has 2 heterocycles. The number of methoxy groups -OCH3 is 1. The van der Waals surface area contributed by atoms with Crippen molar-refractivity contribution in [1.29, 1.82) is 0 Å². The van der Waals surface area contributed by atoms with Gasteiger partial charge < -0.3 is 10.1 Å². The summed E-state index contributed by atoms with van der Waals surface area (Å²) in [6.45, 7) is 3.75. The molecule has 0 saturated heterocycles. The Balaban J connectivity index is 2.54. The normalized spacial score (nSPS) is 17.5. The second-order valence-electron chi connectivity index (χ2n) is 3.85. The van der Waals surface area contributed by atoms with E-state index in [-0.39, 0.29) is 5.91 Å². The van der Waals surface area contributed by atoms with Crippen LogP contribution in [0.2, 0.25) is 0 Å². The third-order valence-electron chi connectivity index (χ3n) is 2.58. The number of pyridine rings is 1. The molecule has 0 radical (unpaired) electrons. The number of nitrogens with zero attached hydrogens (tertiary/aromatic N) is 1. The van der Waals surface area contributed by atoms with Crippen LogP contribution in [0.3, 0.4) is 0 Å². The molecule has 1 N–H and O–H groups in total. The van der Waals surface area contributed by atoms with Crippen molar-refractivity contribution < 1.29 is 9.53 Å². The van der Waals surface area contributed by atoms with Gasteiger partial charge in [0.1, 0.15) is 0 Å². The van der Waals surface area contributed by atoms with E-state index in [4.69, 9.17) is 4.74 Å². The molecule has 0 saturated carbocycles. The first kappa shape index (κ1) is 8.99. The lowest BCUT2D eigenvalue weighted by atomic mass is 9.87. The standard InChI is InChI=1S/C10H12N2O2/c1-10(2)6-5-11-8(14-3)4-7(6)12-9(10)13/h4-5H,1-3H3,(H,12,13). The van der Waals surface area contributed by atoms with Crippen molar-refractivity contribution in [2.45, 2.75) is 19.3 Å². The molecular formula is C10H12N2O2. The zero-order valence-corrected chi connectivity index (χ0v) is 8.42. The van der Waals surface area contributed by atoms with E-state index in [0.29, 0.717) is 5.88 Å². The van der Waals surface area contributed by atoms with Crippen LogP contribution in [0.1, 0.15) is 19.4 Å². The van der Waals surface area contributed by atoms with Gasteiger partial charge in [-0.25, -0.2) is 4.98 Å². The number of anilines is 1. The van der Waals surface area contributed by atoms with Gasteiger partial charge in [-0.2, -0.15) is 0 Å². The predicted octanol–water partition coefficient (Wildman–Crippen LogP) is 1.32. The molecule has 0 unspecified atom stereocenters. The average molecular weight is 192 g/mol. The van der Waals surface area contributed by atoms with Crippen molar-refractivity contribution in [2.75, 3.05) is 12.4 Å². The molecule has 0 aliphatic carbocycles. The Morgan fingerprint density at radius 3 is 2.86 bits per heavy atom. The highest BCUT2D eigenvalue weighted by molar-refractivity contribution is 6.05. The lowest BCUT2D eigenvalue weighted by Crippen LogP contribution is -2.26. The molecule has 1 aromatic heterocycles. The number of nitrogens with one attached hydrogen (secondary N) is 1. The maximum absolute atomic E-state index is 11.6. The first-order valence-electron chi connectivity index (χ1n) is 4.41. The van der Waals surface area contributed by atoms with Crippen LogP contribution < -0.4 is 10.1 Å². The van der Waals surface area contributed by atoms with Gasteiger partial charge in [0, 0.05) is 17.8 Å². The fraction of sp³-hybridized carbons (Fsp3) is 0.400. The summed E-state index contributed by atoms with van der Waals surface area (Å²) in [5, 5.41) is 2.80. The number of hydrogen-bond acceptors (Lipinski definition) is 3. The van der Waals surface area contributed by atoms with Crippen molar-refractivity contribution in [3.8, 4) is 5.88 Å². The van der Waals surface area contributed by atoms with Crippen molar-refractivity contribution in [1.82, 2.24) is 4.98 Å². The lowest BCUT2D eigenvalue weighted by Gasteiger charge is -2.14. The maximum Gasteiger partial charge on any atom is 0.234 e. The Morgan fingerprint density at radius 2 is 2.21 bits per heavy atom. The minimum Gasteiger partial charge on any atom is -0.481 e. The molecule has 14 heavy (non-hydrogen) atoms. The molecule has 1 aromatic rings. The molecular weight excluding hydrogens is 180 g/mol. The molecule has 0 fully saturated rings. The molecule has 1 aliphatic rings. The molecule has 0 atom stereocenters. The van der Waals surface area contributed by atoms with Gasteiger partial charge in [-0.1, -0.05) is 0 Å². The van der Waals surface area contributed by atoms with Crippen LogP contribution in [-0.2, 0) is 10.2 Å². The van der Waals surface area contributed by atoms with Crippen molar-refractivity contribution in [2.24, 2.45) is 0 Å². The number of amides is 1. The maximum atomic E-state index is 11.6. The van der Waals surface area contributed by atoms with E-state index in [0.717, 1.165) is 11.3 Å². The van der Waals surface area contributed by atoms with Gasteiger partial charge >= 0.3 is 0 Å². The van der Waals surface area contributed by atoms with Crippen LogP contribution >= 0.6 is 0 Å². The Kier molecular flexibility index (Phi) is 1.74. The summed E-state index contributed by atoms with van der Waals surface area (Å²) in [5.41, 5.74) is 1.23. The fourth-order valence-electron chi connectivity index (χ4n) is 1.55. The highest BCUT2D eigenvalue weighted by atomic mass is 16.5. The number of ether oxygens (including phenoxy) is 1. The van der Waals surface area contributed by atoms with Crippen LogP contribution in [0.5, 0.6) is 5.88 Å². The van der Waals surface area contributed by atoms with Crippen molar-refractivity contribution in [3.05, 3.63) is 17.8 Å². The second kappa shape index (κ2) is 2.70. The van der Waals surface area contributed by atoms with E-state index in [1.165, 1.54) is 0 Å². The van der Waals surface area contributed by atoms with Crippen LogP contribution in [0.15, 0.2) is 12.3 Å². The van der Waals surface area contributed by atoms with Crippen LogP contribution in [0.25, 0.3) is 0 Å². The zero-order valence-electron chi connectivity index (χ0n) is 8.42. The van der Waals surface area contributed by atoms with E-state index in [1.807, 2.05) is 13.8 Å². The van der Waals surface area contributed by atoms with Gasteiger partial charge in [-0.05, 0) is 13.8 Å². The summed E-state index contributed by atoms with van der Waals surface area (Å²) in [7, 11) is 1.55. The molecule has 74 valence electrons. The highest BCUT2D eigenvalue weighted by Crippen LogP contribution is 2.37. The number of hydrogen-bond donors (Lipinski definition) is 1. The summed E-state index contributed by atoms with van der Waals surface area (Å²) < 4.78 is 4.98. The third-order valence-corrected chi connectivity index (χ3v) is 2.58. The Labute approximate surface area is 82.3 Å². The van der Waals surface area contributed by atoms with E-state index in [1.54, 1.807) is 19.4 Å². The highest BCUT2D eigenvalue weighted by Gasteiger charge is 2.38. The number of carbonyl (C=O) groups is 1. The van der Waals surface area contributed by atoms with Gasteiger partial charge in [-0.3, -0.25) is 4.79 Å². The summed E-state index contributed by atoms with van der Waals surface area (Å²) in [6.07, 6.45) is 1.69. The third kappa shape index (κ3) is 1.07. The summed E-state index contributed by atoms with van der Waals surface area (Å²) in [4.78, 5) is 15.7. The second-order valence-corrected chi connectivity index (χ2v) is 3.85. The number of carbonyl (C=O) groups excluding carboxylic acids is 1. The first-order chi connectivity index (χ1) is 6.55. The molecule has 0 bridgehead atoms. The zero-order chi connectivity index (χ0) is 10.3. The van der Waals surface area contributed by atoms with E-state index < -0.39 is 5.41 Å². The summed E-state index contributed by atoms with van der Waals surface area (Å²) in [5.74, 6) is 0.518. The lowest BCUT2D eigenvalue weighted by molar-refractivity contribution is -0.119. The largest absolute Gasteiger partial charge is 0.481 e. The quantitative estimate of drug-likeness (QED) is 0.730. The molecule has 2 rings (SSSR count). The van der Waals surface area contributed by atoms with Crippen LogP contribution in [0, 0.1) is 0 Å². The Bertz CT molecular complexity index is 399. The monoisotopic (exact) mass is 192 g/mol. The van der Waals surface area contributed by atoms with Crippen molar-refractivity contribution in [3.63, 3.8) is 0 Å². The molecule has 0 spiro atoms. The molecule has 1 amide bonds. The number of rotatable bonds is 1. The topological polar surface area (TPSA) is 51.2 Å². The Morgan fingerprint density at radius 1 is 1.50 bits per heavy atom. The summed E-state index contributed by atoms with van der Waals surface area (Å²) >= 11 is 0. The minimum atomic E-state index is -0.491. The summed E-state index contributed by atoms with van der Waals surface area (Å²) in [6, 6.07) is 1.74. The van der Waals surface area contributed by atoms with Crippen molar-refractivity contribution >= 4 is 11.6 Å². The number of fused-ring (bicyclic) bond motifs is 1.